The molecular weight excluding hydrogens is 444 g/mol. The summed E-state index contributed by atoms with van der Waals surface area (Å²) in [6, 6.07) is 24.6. The molecule has 0 saturated carbocycles. The summed E-state index contributed by atoms with van der Waals surface area (Å²) >= 11 is 6.08. The number of hydrogen-bond acceptors (Lipinski definition) is 2. The molecule has 3 rings (SSSR count). The Hall–Kier alpha value is -3.11. The molecule has 0 radical (unpaired) electrons. The molecule has 34 heavy (non-hydrogen) atoms. The first-order valence-electron chi connectivity index (χ1n) is 11.9. The molecule has 3 aromatic carbocycles. The number of unbranched alkanes of at least 4 members (excludes halogenated alkanes) is 1. The van der Waals surface area contributed by atoms with E-state index in [2.05, 4.69) is 12.2 Å². The first-order valence-corrected chi connectivity index (χ1v) is 12.2. The highest BCUT2D eigenvalue weighted by Crippen LogP contribution is 2.18. The van der Waals surface area contributed by atoms with E-state index < -0.39 is 6.04 Å². The quantitative estimate of drug-likeness (QED) is 0.358. The van der Waals surface area contributed by atoms with Crippen molar-refractivity contribution in [3.8, 4) is 0 Å². The van der Waals surface area contributed by atoms with Crippen LogP contribution in [0.15, 0.2) is 78.9 Å². The Kier molecular flexibility index (Phi) is 9.72. The zero-order valence-corrected chi connectivity index (χ0v) is 20.7. The van der Waals surface area contributed by atoms with Crippen molar-refractivity contribution in [1.29, 1.82) is 0 Å². The Morgan fingerprint density at radius 2 is 1.62 bits per heavy atom. The van der Waals surface area contributed by atoms with Crippen molar-refractivity contribution in [2.45, 2.75) is 52.1 Å². The Bertz CT molecular complexity index is 1070. The first kappa shape index (κ1) is 25.5. The number of nitrogens with one attached hydrogen (secondary N) is 1. The lowest BCUT2D eigenvalue weighted by Crippen LogP contribution is -2.51. The van der Waals surface area contributed by atoms with Crippen molar-refractivity contribution < 1.29 is 9.59 Å². The van der Waals surface area contributed by atoms with E-state index in [1.165, 1.54) is 0 Å². The van der Waals surface area contributed by atoms with Gasteiger partial charge in [-0.05, 0) is 42.2 Å². The summed E-state index contributed by atoms with van der Waals surface area (Å²) in [5, 5.41) is 3.69. The molecule has 0 spiro atoms. The second kappa shape index (κ2) is 13.0. The predicted octanol–water partition coefficient (Wildman–Crippen LogP) is 5.75. The zero-order valence-electron chi connectivity index (χ0n) is 20.0. The van der Waals surface area contributed by atoms with Gasteiger partial charge in [-0.1, -0.05) is 97.2 Å². The normalized spacial score (nSPS) is 11.6. The largest absolute Gasteiger partial charge is 0.354 e. The molecule has 0 saturated heterocycles. The monoisotopic (exact) mass is 476 g/mol. The van der Waals surface area contributed by atoms with Gasteiger partial charge in [0.25, 0.3) is 0 Å². The average molecular weight is 477 g/mol. The summed E-state index contributed by atoms with van der Waals surface area (Å²) in [4.78, 5) is 28.8. The Labute approximate surface area is 207 Å². The van der Waals surface area contributed by atoms with Crippen molar-refractivity contribution >= 4 is 23.4 Å². The van der Waals surface area contributed by atoms with Crippen LogP contribution in [0, 0.1) is 6.92 Å². The third kappa shape index (κ3) is 7.74. The van der Waals surface area contributed by atoms with Crippen LogP contribution in [0.2, 0.25) is 5.02 Å². The van der Waals surface area contributed by atoms with Crippen LogP contribution in [-0.2, 0) is 29.0 Å². The smallest absolute Gasteiger partial charge is 0.243 e. The van der Waals surface area contributed by atoms with Crippen LogP contribution in [0.5, 0.6) is 0 Å². The van der Waals surface area contributed by atoms with Gasteiger partial charge in [0.15, 0.2) is 0 Å². The molecular formula is C29H33ClN2O2. The number of nitrogens with zero attached hydrogens (tertiary/aromatic N) is 1. The van der Waals surface area contributed by atoms with Crippen LogP contribution in [0.3, 0.4) is 0 Å². The summed E-state index contributed by atoms with van der Waals surface area (Å²) < 4.78 is 0. The lowest BCUT2D eigenvalue weighted by atomic mass is 10.0. The van der Waals surface area contributed by atoms with Gasteiger partial charge in [0.05, 0.1) is 6.42 Å². The Morgan fingerprint density at radius 1 is 0.912 bits per heavy atom. The Morgan fingerprint density at radius 3 is 2.29 bits per heavy atom. The van der Waals surface area contributed by atoms with E-state index in [9.17, 15) is 9.59 Å². The van der Waals surface area contributed by atoms with Crippen LogP contribution in [0.25, 0.3) is 0 Å². The first-order chi connectivity index (χ1) is 16.5. The maximum Gasteiger partial charge on any atom is 0.243 e. The molecule has 1 N–H and O–H groups in total. The molecule has 4 nitrogen and oxygen atoms in total. The minimum Gasteiger partial charge on any atom is -0.354 e. The van der Waals surface area contributed by atoms with Gasteiger partial charge in [-0.25, -0.2) is 0 Å². The van der Waals surface area contributed by atoms with Crippen LogP contribution in [-0.4, -0.2) is 29.3 Å². The predicted molar refractivity (Wildman–Crippen MR) is 139 cm³/mol. The molecule has 0 aliphatic heterocycles. The van der Waals surface area contributed by atoms with E-state index in [1.54, 1.807) is 4.90 Å². The minimum absolute atomic E-state index is 0.0767. The third-order valence-corrected chi connectivity index (χ3v) is 6.06. The summed E-state index contributed by atoms with van der Waals surface area (Å²) in [6.07, 6.45) is 2.58. The molecule has 178 valence electrons. The SMILES string of the molecule is CCCCNC(=O)[C@@H](Cc1ccccc1)N(Cc1ccc(Cl)cc1)C(=O)Cc1cccc(C)c1. The van der Waals surface area contributed by atoms with Crippen molar-refractivity contribution in [2.75, 3.05) is 6.54 Å². The van der Waals surface area contributed by atoms with Gasteiger partial charge < -0.3 is 10.2 Å². The number of hydrogen-bond donors (Lipinski definition) is 1. The Balaban J connectivity index is 1.93. The third-order valence-electron chi connectivity index (χ3n) is 5.80. The number of halogens is 1. The highest BCUT2D eigenvalue weighted by Gasteiger charge is 2.30. The lowest BCUT2D eigenvalue weighted by Gasteiger charge is -2.32. The molecule has 0 aromatic heterocycles. The molecule has 0 heterocycles. The highest BCUT2D eigenvalue weighted by atomic mass is 35.5. The molecule has 0 unspecified atom stereocenters. The van der Waals surface area contributed by atoms with Gasteiger partial charge >= 0.3 is 0 Å². The van der Waals surface area contributed by atoms with Crippen LogP contribution < -0.4 is 5.32 Å². The van der Waals surface area contributed by atoms with Crippen LogP contribution >= 0.6 is 11.6 Å². The fourth-order valence-corrected chi connectivity index (χ4v) is 4.07. The van der Waals surface area contributed by atoms with Gasteiger partial charge in [-0.2, -0.15) is 0 Å². The zero-order chi connectivity index (χ0) is 24.3. The molecule has 2 amide bonds. The molecule has 5 heteroatoms. The average Bonchev–Trinajstić information content (AvgIpc) is 2.83. The van der Waals surface area contributed by atoms with E-state index in [0.717, 1.165) is 35.1 Å². The summed E-state index contributed by atoms with van der Waals surface area (Å²) in [7, 11) is 0. The molecule has 0 fully saturated rings. The van der Waals surface area contributed by atoms with Crippen molar-refractivity contribution in [3.63, 3.8) is 0 Å². The fraction of sp³-hybridized carbons (Fsp3) is 0.310. The van der Waals surface area contributed by atoms with Gasteiger partial charge in [0.2, 0.25) is 11.8 Å². The minimum atomic E-state index is -0.618. The summed E-state index contributed by atoms with van der Waals surface area (Å²) in [5.74, 6) is -0.198. The second-order valence-corrected chi connectivity index (χ2v) is 9.10. The van der Waals surface area contributed by atoms with E-state index in [-0.39, 0.29) is 18.2 Å². The number of rotatable bonds is 11. The lowest BCUT2D eigenvalue weighted by molar-refractivity contribution is -0.140. The maximum absolute atomic E-state index is 13.7. The van der Waals surface area contributed by atoms with Gasteiger partial charge in [0, 0.05) is 24.5 Å². The van der Waals surface area contributed by atoms with Gasteiger partial charge in [-0.15, -0.1) is 0 Å². The molecule has 0 aliphatic rings. The van der Waals surface area contributed by atoms with Crippen LogP contribution in [0.4, 0.5) is 0 Å². The second-order valence-electron chi connectivity index (χ2n) is 8.66. The molecule has 3 aromatic rings. The van der Waals surface area contributed by atoms with E-state index >= 15 is 0 Å². The van der Waals surface area contributed by atoms with Gasteiger partial charge in [-0.3, -0.25) is 9.59 Å². The summed E-state index contributed by atoms with van der Waals surface area (Å²) in [5.41, 5.74) is 3.99. The topological polar surface area (TPSA) is 49.4 Å². The van der Waals surface area contributed by atoms with Crippen molar-refractivity contribution in [2.24, 2.45) is 0 Å². The van der Waals surface area contributed by atoms with E-state index in [0.29, 0.717) is 24.5 Å². The number of aryl methyl sites for hydroxylation is 1. The molecule has 0 aliphatic carbocycles. The fourth-order valence-electron chi connectivity index (χ4n) is 3.94. The molecule has 1 atom stereocenters. The van der Waals surface area contributed by atoms with E-state index in [4.69, 9.17) is 11.6 Å². The molecule has 0 bridgehead atoms. The van der Waals surface area contributed by atoms with Gasteiger partial charge in [0.1, 0.15) is 6.04 Å². The van der Waals surface area contributed by atoms with Crippen molar-refractivity contribution in [3.05, 3.63) is 106 Å². The van der Waals surface area contributed by atoms with Crippen LogP contribution in [0.1, 0.15) is 42.0 Å². The maximum atomic E-state index is 13.7. The number of carbonyl (C=O) groups excluding carboxylic acids is 2. The standard InChI is InChI=1S/C29H33ClN2O2/c1-3-4-17-31-29(34)27(19-23-10-6-5-7-11-23)32(21-24-13-15-26(30)16-14-24)28(33)20-25-12-8-9-22(2)18-25/h5-16,18,27H,3-4,17,19-21H2,1-2H3,(H,31,34)/t27-/m1/s1. The number of carbonyl (C=O) groups is 2. The highest BCUT2D eigenvalue weighted by molar-refractivity contribution is 6.30. The van der Waals surface area contributed by atoms with Crippen molar-refractivity contribution in [1.82, 2.24) is 10.2 Å². The van der Waals surface area contributed by atoms with E-state index in [1.807, 2.05) is 85.8 Å². The summed E-state index contributed by atoms with van der Waals surface area (Å²) in [6.45, 7) is 5.03. The number of amides is 2. The number of benzene rings is 3.